The highest BCUT2D eigenvalue weighted by molar-refractivity contribution is 6.68. The van der Waals surface area contributed by atoms with Gasteiger partial charge < -0.3 is 0 Å². The molecule has 0 saturated carbocycles. The number of rotatable bonds is 3. The molecule has 0 radical (unpaired) electrons. The van der Waals surface area contributed by atoms with Gasteiger partial charge in [0.25, 0.3) is 10.9 Å². The molecule has 80 valence electrons. The Bertz CT molecular complexity index is 533. The number of benzene rings is 1. The van der Waals surface area contributed by atoms with E-state index in [9.17, 15) is 19.7 Å². The van der Waals surface area contributed by atoms with Gasteiger partial charge in [-0.15, -0.1) is 0 Å². The molecule has 0 unspecified atom stereocenters. The normalized spacial score (nSPS) is 9.25. The van der Waals surface area contributed by atoms with Gasteiger partial charge in [-0.1, -0.05) is 0 Å². The maximum atomic E-state index is 10.9. The standard InChI is InChI=1S/C9H3ClN2O4/c10-9(14)6-2-1-5(4-13)7(3-11)8(6)12(15)16/h1-2,4H. The molecule has 0 aromatic heterocycles. The van der Waals surface area contributed by atoms with Gasteiger partial charge in [0.05, 0.1) is 4.92 Å². The molecule has 0 aliphatic carbocycles. The van der Waals surface area contributed by atoms with Crippen LogP contribution >= 0.6 is 11.6 Å². The van der Waals surface area contributed by atoms with Crippen LogP contribution < -0.4 is 0 Å². The largest absolute Gasteiger partial charge is 0.299 e. The highest BCUT2D eigenvalue weighted by Gasteiger charge is 2.26. The van der Waals surface area contributed by atoms with Crippen molar-refractivity contribution in [2.75, 3.05) is 0 Å². The van der Waals surface area contributed by atoms with Crippen molar-refractivity contribution >= 4 is 28.8 Å². The van der Waals surface area contributed by atoms with Gasteiger partial charge in [0.2, 0.25) is 0 Å². The Labute approximate surface area is 94.2 Å². The zero-order chi connectivity index (χ0) is 12.3. The molecule has 1 aromatic carbocycles. The summed E-state index contributed by atoms with van der Waals surface area (Å²) in [5.41, 5.74) is -1.77. The molecule has 0 amide bonds. The summed E-state index contributed by atoms with van der Waals surface area (Å²) in [6.07, 6.45) is 0.300. The van der Waals surface area contributed by atoms with Crippen LogP contribution in [0.25, 0.3) is 0 Å². The molecule has 16 heavy (non-hydrogen) atoms. The third kappa shape index (κ3) is 1.89. The Morgan fingerprint density at radius 2 is 2.19 bits per heavy atom. The van der Waals surface area contributed by atoms with Crippen molar-refractivity contribution in [2.45, 2.75) is 0 Å². The highest BCUT2D eigenvalue weighted by Crippen LogP contribution is 2.27. The number of nitro benzene ring substituents is 1. The molecule has 0 saturated heterocycles. The van der Waals surface area contributed by atoms with E-state index in [1.54, 1.807) is 0 Å². The van der Waals surface area contributed by atoms with Crippen LogP contribution in [0, 0.1) is 21.4 Å². The van der Waals surface area contributed by atoms with E-state index < -0.39 is 27.0 Å². The lowest BCUT2D eigenvalue weighted by molar-refractivity contribution is -0.385. The fraction of sp³-hybridized carbons (Fsp3) is 0. The lowest BCUT2D eigenvalue weighted by Gasteiger charge is -2.01. The van der Waals surface area contributed by atoms with Crippen LogP contribution in [-0.4, -0.2) is 16.5 Å². The molecule has 0 fully saturated rings. The Kier molecular flexibility index (Phi) is 3.33. The number of hydrogen-bond acceptors (Lipinski definition) is 5. The van der Waals surface area contributed by atoms with Gasteiger partial charge in [-0.2, -0.15) is 5.26 Å². The minimum atomic E-state index is -1.05. The lowest BCUT2D eigenvalue weighted by Crippen LogP contribution is -2.03. The van der Waals surface area contributed by atoms with Crippen molar-refractivity contribution < 1.29 is 14.5 Å². The average molecular weight is 239 g/mol. The number of nitro groups is 1. The second-order valence-corrected chi connectivity index (χ2v) is 3.03. The number of halogens is 1. The maximum Gasteiger partial charge on any atom is 0.299 e. The van der Waals surface area contributed by atoms with Crippen LogP contribution in [0.3, 0.4) is 0 Å². The number of nitriles is 1. The summed E-state index contributed by atoms with van der Waals surface area (Å²) < 4.78 is 0. The van der Waals surface area contributed by atoms with E-state index in [0.29, 0.717) is 6.29 Å². The van der Waals surface area contributed by atoms with Gasteiger partial charge in [-0.25, -0.2) is 0 Å². The van der Waals surface area contributed by atoms with E-state index in [1.165, 1.54) is 6.07 Å². The molecule has 7 heteroatoms. The average Bonchev–Trinajstić information content (AvgIpc) is 2.26. The summed E-state index contributed by atoms with van der Waals surface area (Å²) in [7, 11) is 0. The minimum Gasteiger partial charge on any atom is -0.298 e. The predicted molar refractivity (Wildman–Crippen MR) is 53.4 cm³/mol. The van der Waals surface area contributed by atoms with E-state index in [4.69, 9.17) is 16.9 Å². The van der Waals surface area contributed by atoms with Crippen molar-refractivity contribution in [3.63, 3.8) is 0 Å². The first-order chi connectivity index (χ1) is 7.52. The predicted octanol–water partition coefficient (Wildman–Crippen LogP) is 1.66. The monoisotopic (exact) mass is 238 g/mol. The van der Waals surface area contributed by atoms with Crippen LogP contribution in [0.4, 0.5) is 5.69 Å². The number of hydrogen-bond donors (Lipinski definition) is 0. The molecule has 0 bridgehead atoms. The summed E-state index contributed by atoms with van der Waals surface area (Å²) in [5, 5.41) is 18.4. The van der Waals surface area contributed by atoms with Gasteiger partial charge in [0, 0.05) is 5.56 Å². The fourth-order valence-electron chi connectivity index (χ4n) is 1.17. The van der Waals surface area contributed by atoms with Crippen molar-refractivity contribution in [2.24, 2.45) is 0 Å². The van der Waals surface area contributed by atoms with Gasteiger partial charge in [-0.3, -0.25) is 19.7 Å². The molecule has 6 nitrogen and oxygen atoms in total. The van der Waals surface area contributed by atoms with Crippen molar-refractivity contribution in [3.8, 4) is 6.07 Å². The van der Waals surface area contributed by atoms with Crippen LogP contribution in [0.1, 0.15) is 26.3 Å². The fourth-order valence-corrected chi connectivity index (χ4v) is 1.32. The summed E-state index contributed by atoms with van der Waals surface area (Å²) in [5.74, 6) is 0. The molecule has 1 rings (SSSR count). The van der Waals surface area contributed by atoms with Gasteiger partial charge >= 0.3 is 0 Å². The van der Waals surface area contributed by atoms with Crippen molar-refractivity contribution in [1.29, 1.82) is 5.26 Å². The Balaban J connectivity index is 3.72. The summed E-state index contributed by atoms with van der Waals surface area (Å²) in [6, 6.07) is 3.68. The summed E-state index contributed by atoms with van der Waals surface area (Å²) in [6.45, 7) is 0. The first kappa shape index (κ1) is 11.8. The second-order valence-electron chi connectivity index (χ2n) is 2.69. The number of aldehydes is 1. The zero-order valence-electron chi connectivity index (χ0n) is 7.64. The molecule has 1 aromatic rings. The van der Waals surface area contributed by atoms with E-state index in [1.807, 2.05) is 0 Å². The molecule has 0 aliphatic heterocycles. The van der Waals surface area contributed by atoms with Crippen molar-refractivity contribution in [1.82, 2.24) is 0 Å². The SMILES string of the molecule is N#Cc1c(C=O)ccc(C(=O)Cl)c1[N+](=O)[O-]. The number of carbonyl (C=O) groups excluding carboxylic acids is 2. The van der Waals surface area contributed by atoms with Gasteiger partial charge in [0.15, 0.2) is 6.29 Å². The molecule has 0 heterocycles. The Hall–Kier alpha value is -2.26. The number of nitrogens with zero attached hydrogens (tertiary/aromatic N) is 2. The maximum absolute atomic E-state index is 10.9. The van der Waals surface area contributed by atoms with Crippen LogP contribution in [0.2, 0.25) is 0 Å². The quantitative estimate of drug-likeness (QED) is 0.345. The number of carbonyl (C=O) groups is 2. The van der Waals surface area contributed by atoms with Crippen molar-refractivity contribution in [3.05, 3.63) is 38.9 Å². The summed E-state index contributed by atoms with van der Waals surface area (Å²) >= 11 is 5.14. The molecule has 0 spiro atoms. The van der Waals surface area contributed by atoms with Crippen LogP contribution in [-0.2, 0) is 0 Å². The van der Waals surface area contributed by atoms with Gasteiger partial charge in [-0.05, 0) is 23.7 Å². The second kappa shape index (κ2) is 4.51. The van der Waals surface area contributed by atoms with E-state index >= 15 is 0 Å². The molecule has 0 atom stereocenters. The zero-order valence-corrected chi connectivity index (χ0v) is 8.39. The summed E-state index contributed by atoms with van der Waals surface area (Å²) in [4.78, 5) is 31.2. The molecular weight excluding hydrogens is 236 g/mol. The van der Waals surface area contributed by atoms with Crippen LogP contribution in [0.15, 0.2) is 12.1 Å². The molecule has 0 N–H and O–H groups in total. The minimum absolute atomic E-state index is 0.157. The first-order valence-electron chi connectivity index (χ1n) is 3.89. The van der Waals surface area contributed by atoms with E-state index in [0.717, 1.165) is 12.1 Å². The molecule has 0 aliphatic rings. The third-order valence-corrected chi connectivity index (χ3v) is 2.05. The Morgan fingerprint density at radius 1 is 1.56 bits per heavy atom. The molecular formula is C9H3ClN2O4. The smallest absolute Gasteiger partial charge is 0.298 e. The topological polar surface area (TPSA) is 101 Å². The van der Waals surface area contributed by atoms with E-state index in [2.05, 4.69) is 0 Å². The first-order valence-corrected chi connectivity index (χ1v) is 4.27. The highest BCUT2D eigenvalue weighted by atomic mass is 35.5. The third-order valence-electron chi connectivity index (χ3n) is 1.84. The Morgan fingerprint density at radius 3 is 2.56 bits per heavy atom. The van der Waals surface area contributed by atoms with E-state index in [-0.39, 0.29) is 5.56 Å². The van der Waals surface area contributed by atoms with Crippen LogP contribution in [0.5, 0.6) is 0 Å². The van der Waals surface area contributed by atoms with Gasteiger partial charge in [0.1, 0.15) is 17.2 Å². The lowest BCUT2D eigenvalue weighted by atomic mass is 10.0.